The predicted molar refractivity (Wildman–Crippen MR) is 92.5 cm³/mol. The fraction of sp³-hybridized carbons (Fsp3) is 0.0667. The van der Waals surface area contributed by atoms with Crippen LogP contribution in [0.1, 0.15) is 15.9 Å². The van der Waals surface area contributed by atoms with E-state index in [1.165, 1.54) is 36.4 Å². The van der Waals surface area contributed by atoms with Gasteiger partial charge in [0.25, 0.3) is 10.0 Å². The summed E-state index contributed by atoms with van der Waals surface area (Å²) in [6, 6.07) is 10.1. The van der Waals surface area contributed by atoms with Crippen LogP contribution in [0.4, 0.5) is 5.69 Å². The van der Waals surface area contributed by atoms with E-state index in [0.717, 1.165) is 7.11 Å². The number of esters is 1. The van der Waals surface area contributed by atoms with E-state index in [1.807, 2.05) is 6.07 Å². The van der Waals surface area contributed by atoms with Gasteiger partial charge >= 0.3 is 5.97 Å². The molecule has 0 atom stereocenters. The van der Waals surface area contributed by atoms with Crippen LogP contribution in [-0.2, 0) is 14.8 Å². The maximum absolute atomic E-state index is 12.6. The monoisotopic (exact) mass is 428 g/mol. The molecular weight excluding hydrogens is 420 g/mol. The van der Waals surface area contributed by atoms with Gasteiger partial charge in [0, 0.05) is 9.50 Å². The van der Waals surface area contributed by atoms with Gasteiger partial charge in [-0.3, -0.25) is 4.72 Å². The van der Waals surface area contributed by atoms with Crippen LogP contribution < -0.4 is 4.72 Å². The molecule has 1 N–H and O–H groups in total. The van der Waals surface area contributed by atoms with Gasteiger partial charge in [0.1, 0.15) is 11.0 Å². The molecule has 0 aliphatic rings. The number of nitriles is 1. The molecule has 0 aromatic heterocycles. The highest BCUT2D eigenvalue weighted by molar-refractivity contribution is 9.10. The first-order chi connectivity index (χ1) is 11.3. The first-order valence-corrected chi connectivity index (χ1v) is 9.04. The molecule has 2 aromatic rings. The number of anilines is 1. The van der Waals surface area contributed by atoms with Crippen molar-refractivity contribution >= 4 is 49.2 Å². The van der Waals surface area contributed by atoms with Gasteiger partial charge in [-0.1, -0.05) is 27.5 Å². The van der Waals surface area contributed by atoms with Crippen LogP contribution in [0.25, 0.3) is 0 Å². The molecule has 0 heterocycles. The van der Waals surface area contributed by atoms with E-state index in [0.29, 0.717) is 4.47 Å². The minimum atomic E-state index is -4.15. The summed E-state index contributed by atoms with van der Waals surface area (Å²) in [5.41, 5.74) is -0.0247. The number of benzene rings is 2. The lowest BCUT2D eigenvalue weighted by Crippen LogP contribution is -2.18. The lowest BCUT2D eigenvalue weighted by Gasteiger charge is -2.13. The van der Waals surface area contributed by atoms with Crippen LogP contribution in [0.2, 0.25) is 5.02 Å². The number of sulfonamides is 1. The van der Waals surface area contributed by atoms with Gasteiger partial charge < -0.3 is 4.74 Å². The van der Waals surface area contributed by atoms with Gasteiger partial charge in [-0.05, 0) is 36.4 Å². The van der Waals surface area contributed by atoms with E-state index < -0.39 is 16.0 Å². The number of carbonyl (C=O) groups excluding carboxylic acids is 1. The molecular formula is C15H10BrClN2O4S. The number of carbonyl (C=O) groups is 1. The molecule has 2 rings (SSSR count). The predicted octanol–water partition coefficient (Wildman–Crippen LogP) is 3.56. The maximum atomic E-state index is 12.6. The Bertz CT molecular complexity index is 954. The van der Waals surface area contributed by atoms with Crippen molar-refractivity contribution in [3.8, 4) is 6.07 Å². The molecule has 0 spiro atoms. The Kier molecular flexibility index (Phi) is 5.49. The van der Waals surface area contributed by atoms with Crippen molar-refractivity contribution in [3.63, 3.8) is 0 Å². The third kappa shape index (κ3) is 3.87. The Morgan fingerprint density at radius 3 is 2.62 bits per heavy atom. The Morgan fingerprint density at radius 1 is 1.29 bits per heavy atom. The number of methoxy groups -OCH3 is 1. The molecule has 0 saturated carbocycles. The molecule has 24 heavy (non-hydrogen) atoms. The van der Waals surface area contributed by atoms with Gasteiger partial charge in [0.05, 0.1) is 23.9 Å². The number of rotatable bonds is 4. The van der Waals surface area contributed by atoms with Gasteiger partial charge in [-0.25, -0.2) is 13.2 Å². The molecule has 0 saturated heterocycles. The zero-order chi connectivity index (χ0) is 17.9. The number of nitrogens with zero attached hydrogens (tertiary/aromatic N) is 1. The highest BCUT2D eigenvalue weighted by Gasteiger charge is 2.24. The standard InChI is InChI=1S/C15H10BrClN2O4S/c1-23-15(20)12-6-10(16)3-5-14(12)24(21,22)19-13-7-11(17)4-2-9(13)8-18/h2-7,19H,1H3. The van der Waals surface area contributed by atoms with Crippen LogP contribution in [-0.4, -0.2) is 21.5 Å². The average Bonchev–Trinajstić information content (AvgIpc) is 2.53. The second-order valence-corrected chi connectivity index (χ2v) is 7.54. The van der Waals surface area contributed by atoms with Crippen molar-refractivity contribution in [2.75, 3.05) is 11.8 Å². The molecule has 0 amide bonds. The summed E-state index contributed by atoms with van der Waals surface area (Å²) in [6.45, 7) is 0. The Labute approximate surface area is 152 Å². The summed E-state index contributed by atoms with van der Waals surface area (Å²) >= 11 is 9.03. The number of ether oxygens (including phenoxy) is 1. The van der Waals surface area contributed by atoms with Crippen molar-refractivity contribution in [3.05, 3.63) is 57.0 Å². The summed E-state index contributed by atoms with van der Waals surface area (Å²) in [6.07, 6.45) is 0. The second kappa shape index (κ2) is 7.21. The fourth-order valence-corrected chi connectivity index (χ4v) is 3.68. The Hall–Kier alpha value is -2.08. The summed E-state index contributed by atoms with van der Waals surface area (Å²) in [5, 5.41) is 9.35. The lowest BCUT2D eigenvalue weighted by molar-refractivity contribution is 0.0596. The van der Waals surface area contributed by atoms with E-state index in [-0.39, 0.29) is 26.7 Å². The quantitative estimate of drug-likeness (QED) is 0.750. The summed E-state index contributed by atoms with van der Waals surface area (Å²) in [7, 11) is -3.00. The highest BCUT2D eigenvalue weighted by atomic mass is 79.9. The molecule has 0 bridgehead atoms. The van der Waals surface area contributed by atoms with Gasteiger partial charge in [-0.2, -0.15) is 5.26 Å². The molecule has 0 fully saturated rings. The van der Waals surface area contributed by atoms with Crippen LogP contribution in [0.5, 0.6) is 0 Å². The number of hydrogen-bond acceptors (Lipinski definition) is 5. The number of nitrogens with one attached hydrogen (secondary N) is 1. The third-order valence-electron chi connectivity index (χ3n) is 2.98. The minimum absolute atomic E-state index is 0.0173. The van der Waals surface area contributed by atoms with E-state index in [2.05, 4.69) is 25.4 Å². The highest BCUT2D eigenvalue weighted by Crippen LogP contribution is 2.27. The fourth-order valence-electron chi connectivity index (χ4n) is 1.90. The van der Waals surface area contributed by atoms with Crippen molar-refractivity contribution < 1.29 is 17.9 Å². The van der Waals surface area contributed by atoms with Crippen molar-refractivity contribution in [1.82, 2.24) is 0 Å². The third-order valence-corrected chi connectivity index (χ3v) is 5.13. The van der Waals surface area contributed by atoms with E-state index in [4.69, 9.17) is 16.9 Å². The first-order valence-electron chi connectivity index (χ1n) is 6.39. The second-order valence-electron chi connectivity index (χ2n) is 4.54. The zero-order valence-electron chi connectivity index (χ0n) is 12.2. The topological polar surface area (TPSA) is 96.3 Å². The van der Waals surface area contributed by atoms with E-state index in [1.54, 1.807) is 0 Å². The SMILES string of the molecule is COC(=O)c1cc(Br)ccc1S(=O)(=O)Nc1cc(Cl)ccc1C#N. The van der Waals surface area contributed by atoms with Crippen molar-refractivity contribution in [2.45, 2.75) is 4.90 Å². The smallest absolute Gasteiger partial charge is 0.339 e. The summed E-state index contributed by atoms with van der Waals surface area (Å²) in [5.74, 6) is -0.803. The Morgan fingerprint density at radius 2 is 2.00 bits per heavy atom. The van der Waals surface area contributed by atoms with Gasteiger partial charge in [0.2, 0.25) is 0 Å². The number of hydrogen-bond donors (Lipinski definition) is 1. The van der Waals surface area contributed by atoms with Crippen molar-refractivity contribution in [2.24, 2.45) is 0 Å². The molecule has 0 aliphatic carbocycles. The van der Waals surface area contributed by atoms with E-state index in [9.17, 15) is 13.2 Å². The zero-order valence-corrected chi connectivity index (χ0v) is 15.4. The minimum Gasteiger partial charge on any atom is -0.465 e. The van der Waals surface area contributed by atoms with Gasteiger partial charge in [-0.15, -0.1) is 0 Å². The first kappa shape index (κ1) is 18.3. The summed E-state index contributed by atoms with van der Waals surface area (Å²) < 4.78 is 32.7. The number of halogens is 2. The summed E-state index contributed by atoms with van der Waals surface area (Å²) in [4.78, 5) is 11.6. The van der Waals surface area contributed by atoms with Crippen molar-refractivity contribution in [1.29, 1.82) is 5.26 Å². The molecule has 124 valence electrons. The molecule has 2 aromatic carbocycles. The maximum Gasteiger partial charge on any atom is 0.339 e. The molecule has 6 nitrogen and oxygen atoms in total. The lowest BCUT2D eigenvalue weighted by atomic mass is 10.2. The van der Waals surface area contributed by atoms with Crippen LogP contribution in [0.15, 0.2) is 45.8 Å². The van der Waals surface area contributed by atoms with Gasteiger partial charge in [0.15, 0.2) is 0 Å². The molecule has 0 aliphatic heterocycles. The molecule has 0 radical (unpaired) electrons. The average molecular weight is 430 g/mol. The van der Waals surface area contributed by atoms with Crippen LogP contribution in [0, 0.1) is 11.3 Å². The molecule has 0 unspecified atom stereocenters. The van der Waals surface area contributed by atoms with Crippen LogP contribution >= 0.6 is 27.5 Å². The normalized spacial score (nSPS) is 10.8. The largest absolute Gasteiger partial charge is 0.465 e. The Balaban J connectivity index is 2.55. The van der Waals surface area contributed by atoms with Crippen LogP contribution in [0.3, 0.4) is 0 Å². The molecule has 9 heteroatoms. The van der Waals surface area contributed by atoms with E-state index >= 15 is 0 Å².